The van der Waals surface area contributed by atoms with Gasteiger partial charge in [0.1, 0.15) is 5.82 Å². The number of rotatable bonds is 5. The molecule has 0 fully saturated rings. The number of aryl methyl sites for hydroxylation is 1. The monoisotopic (exact) mass is 223 g/mol. The highest BCUT2D eigenvalue weighted by Gasteiger charge is 2.09. The van der Waals surface area contributed by atoms with Gasteiger partial charge in [0.25, 0.3) is 5.91 Å². The summed E-state index contributed by atoms with van der Waals surface area (Å²) >= 11 is 0. The lowest BCUT2D eigenvalue weighted by molar-refractivity contribution is -0.136. The number of amides is 1. The zero-order valence-electron chi connectivity index (χ0n) is 8.86. The maximum Gasteiger partial charge on any atom is 0.305 e. The van der Waals surface area contributed by atoms with Crippen LogP contribution in [0.3, 0.4) is 0 Å². The van der Waals surface area contributed by atoms with Crippen molar-refractivity contribution < 1.29 is 14.7 Å². The molecule has 0 atom stereocenters. The Morgan fingerprint density at radius 3 is 2.75 bits per heavy atom. The number of carbonyl (C=O) groups is 2. The van der Waals surface area contributed by atoms with E-state index < -0.39 is 11.9 Å². The first kappa shape index (κ1) is 12.0. The minimum absolute atomic E-state index is 0.0478. The maximum atomic E-state index is 11.1. The van der Waals surface area contributed by atoms with Crippen molar-refractivity contribution in [2.75, 3.05) is 11.9 Å². The van der Waals surface area contributed by atoms with Gasteiger partial charge in [-0.1, -0.05) is 0 Å². The number of nitrogens with zero attached hydrogens (tertiary/aromatic N) is 1. The number of aliphatic carboxylic acids is 1. The molecule has 1 rings (SSSR count). The maximum absolute atomic E-state index is 11.1. The number of anilines is 1. The quantitative estimate of drug-likeness (QED) is 0.669. The Labute approximate surface area is 92.5 Å². The van der Waals surface area contributed by atoms with Crippen molar-refractivity contribution in [3.05, 3.63) is 23.4 Å². The third kappa shape index (κ3) is 3.23. The number of carbonyl (C=O) groups excluding carboxylic acids is 1. The zero-order valence-corrected chi connectivity index (χ0v) is 8.86. The number of pyridine rings is 1. The van der Waals surface area contributed by atoms with E-state index in [0.29, 0.717) is 5.82 Å². The SMILES string of the molecule is Cc1ccc(C(N)=O)c(NCCC(=O)O)n1. The van der Waals surface area contributed by atoms with Crippen LogP contribution < -0.4 is 11.1 Å². The molecule has 1 aromatic heterocycles. The van der Waals surface area contributed by atoms with E-state index in [-0.39, 0.29) is 18.5 Å². The standard InChI is InChI=1S/C10H13N3O3/c1-6-2-3-7(9(11)16)10(13-6)12-5-4-8(14)15/h2-3H,4-5H2,1H3,(H2,11,16)(H,12,13)(H,14,15). The van der Waals surface area contributed by atoms with Crippen molar-refractivity contribution in [2.24, 2.45) is 5.73 Å². The Balaban J connectivity index is 2.80. The van der Waals surface area contributed by atoms with Gasteiger partial charge >= 0.3 is 5.97 Å². The number of nitrogens with one attached hydrogen (secondary N) is 1. The number of carboxylic acids is 1. The van der Waals surface area contributed by atoms with Crippen LogP contribution in [0.2, 0.25) is 0 Å². The van der Waals surface area contributed by atoms with Gasteiger partial charge in [0.15, 0.2) is 0 Å². The molecule has 0 aliphatic rings. The van der Waals surface area contributed by atoms with Crippen LogP contribution >= 0.6 is 0 Å². The number of hydrogen-bond donors (Lipinski definition) is 3. The summed E-state index contributed by atoms with van der Waals surface area (Å²) in [6.07, 6.45) is -0.0478. The first-order valence-electron chi connectivity index (χ1n) is 4.74. The Morgan fingerprint density at radius 2 is 2.19 bits per heavy atom. The second kappa shape index (κ2) is 5.11. The molecule has 16 heavy (non-hydrogen) atoms. The molecule has 0 aromatic carbocycles. The highest BCUT2D eigenvalue weighted by molar-refractivity contribution is 5.97. The third-order valence-electron chi connectivity index (χ3n) is 1.93. The van der Waals surface area contributed by atoms with Crippen LogP contribution in [0.5, 0.6) is 0 Å². The number of hydrogen-bond acceptors (Lipinski definition) is 4. The normalized spacial score (nSPS) is 9.81. The molecule has 0 saturated carbocycles. The van der Waals surface area contributed by atoms with Gasteiger partial charge in [0.05, 0.1) is 12.0 Å². The number of carboxylic acid groups (broad SMARTS) is 1. The molecule has 4 N–H and O–H groups in total. The summed E-state index contributed by atoms with van der Waals surface area (Å²) in [6.45, 7) is 1.97. The Hall–Kier alpha value is -2.11. The average molecular weight is 223 g/mol. The lowest BCUT2D eigenvalue weighted by Gasteiger charge is -2.08. The Bertz CT molecular complexity index is 418. The van der Waals surface area contributed by atoms with E-state index in [1.54, 1.807) is 19.1 Å². The summed E-state index contributed by atoms with van der Waals surface area (Å²) in [5, 5.41) is 11.2. The summed E-state index contributed by atoms with van der Waals surface area (Å²) in [6, 6.07) is 3.23. The van der Waals surface area contributed by atoms with Gasteiger partial charge in [-0.05, 0) is 19.1 Å². The van der Waals surface area contributed by atoms with Gasteiger partial charge in [-0.3, -0.25) is 9.59 Å². The van der Waals surface area contributed by atoms with Crippen LogP contribution in [0.1, 0.15) is 22.5 Å². The van der Waals surface area contributed by atoms with Gasteiger partial charge in [0, 0.05) is 12.2 Å². The van der Waals surface area contributed by atoms with Crippen molar-refractivity contribution in [2.45, 2.75) is 13.3 Å². The largest absolute Gasteiger partial charge is 0.481 e. The second-order valence-corrected chi connectivity index (χ2v) is 3.28. The topological polar surface area (TPSA) is 105 Å². The van der Waals surface area contributed by atoms with E-state index in [2.05, 4.69) is 10.3 Å². The fraction of sp³-hybridized carbons (Fsp3) is 0.300. The fourth-order valence-corrected chi connectivity index (χ4v) is 1.18. The molecule has 0 saturated heterocycles. The van der Waals surface area contributed by atoms with Gasteiger partial charge in [-0.2, -0.15) is 0 Å². The van der Waals surface area contributed by atoms with Crippen molar-refractivity contribution in [3.8, 4) is 0 Å². The molecule has 0 unspecified atom stereocenters. The molecule has 1 aromatic rings. The highest BCUT2D eigenvalue weighted by Crippen LogP contribution is 2.12. The lowest BCUT2D eigenvalue weighted by atomic mass is 10.2. The molecule has 0 spiro atoms. The number of primary amides is 1. The molecule has 1 amide bonds. The molecule has 1 heterocycles. The van der Waals surface area contributed by atoms with E-state index >= 15 is 0 Å². The molecule has 0 aliphatic heterocycles. The third-order valence-corrected chi connectivity index (χ3v) is 1.93. The van der Waals surface area contributed by atoms with Crippen LogP contribution in [0, 0.1) is 6.92 Å². The average Bonchev–Trinajstić information content (AvgIpc) is 2.16. The van der Waals surface area contributed by atoms with Gasteiger partial charge < -0.3 is 16.2 Å². The first-order valence-corrected chi connectivity index (χ1v) is 4.74. The minimum atomic E-state index is -0.916. The first-order chi connectivity index (χ1) is 7.50. The number of aromatic nitrogens is 1. The predicted octanol–water partition coefficient (Wildman–Crippen LogP) is 0.376. The van der Waals surface area contributed by atoms with Crippen molar-refractivity contribution >= 4 is 17.7 Å². The Kier molecular flexibility index (Phi) is 3.82. The molecular weight excluding hydrogens is 210 g/mol. The van der Waals surface area contributed by atoms with Gasteiger partial charge in [-0.25, -0.2) is 4.98 Å². The van der Waals surface area contributed by atoms with Crippen molar-refractivity contribution in [1.82, 2.24) is 4.98 Å². The second-order valence-electron chi connectivity index (χ2n) is 3.28. The molecule has 6 heteroatoms. The summed E-state index contributed by atoms with van der Waals surface area (Å²) in [4.78, 5) is 25.5. The van der Waals surface area contributed by atoms with Crippen LogP contribution in [-0.4, -0.2) is 28.5 Å². The van der Waals surface area contributed by atoms with E-state index in [0.717, 1.165) is 5.69 Å². The molecule has 86 valence electrons. The molecule has 6 nitrogen and oxygen atoms in total. The summed E-state index contributed by atoms with van der Waals surface area (Å²) in [5.41, 5.74) is 6.15. The van der Waals surface area contributed by atoms with Crippen LogP contribution in [0.15, 0.2) is 12.1 Å². The van der Waals surface area contributed by atoms with Crippen LogP contribution in [0.4, 0.5) is 5.82 Å². The van der Waals surface area contributed by atoms with Crippen molar-refractivity contribution in [1.29, 1.82) is 0 Å². The van der Waals surface area contributed by atoms with E-state index in [1.165, 1.54) is 0 Å². The zero-order chi connectivity index (χ0) is 12.1. The summed E-state index contributed by atoms with van der Waals surface area (Å²) < 4.78 is 0. The fourth-order valence-electron chi connectivity index (χ4n) is 1.18. The van der Waals surface area contributed by atoms with E-state index in [1.807, 2.05) is 0 Å². The molecule has 0 aliphatic carbocycles. The van der Waals surface area contributed by atoms with Gasteiger partial charge in [0.2, 0.25) is 0 Å². The highest BCUT2D eigenvalue weighted by atomic mass is 16.4. The van der Waals surface area contributed by atoms with Crippen LogP contribution in [0.25, 0.3) is 0 Å². The number of nitrogens with two attached hydrogens (primary N) is 1. The molecule has 0 radical (unpaired) electrons. The Morgan fingerprint density at radius 1 is 1.50 bits per heavy atom. The smallest absolute Gasteiger partial charge is 0.305 e. The van der Waals surface area contributed by atoms with Crippen LogP contribution in [-0.2, 0) is 4.79 Å². The van der Waals surface area contributed by atoms with Gasteiger partial charge in [-0.15, -0.1) is 0 Å². The summed E-state index contributed by atoms with van der Waals surface area (Å²) in [5.74, 6) is -1.18. The lowest BCUT2D eigenvalue weighted by Crippen LogP contribution is -2.17. The minimum Gasteiger partial charge on any atom is -0.481 e. The molecule has 0 bridgehead atoms. The van der Waals surface area contributed by atoms with E-state index in [9.17, 15) is 9.59 Å². The summed E-state index contributed by atoms with van der Waals surface area (Å²) in [7, 11) is 0. The molecular formula is C10H13N3O3. The van der Waals surface area contributed by atoms with Crippen molar-refractivity contribution in [3.63, 3.8) is 0 Å². The van der Waals surface area contributed by atoms with E-state index in [4.69, 9.17) is 10.8 Å². The predicted molar refractivity (Wildman–Crippen MR) is 58.2 cm³/mol.